The van der Waals surface area contributed by atoms with Gasteiger partial charge in [0.15, 0.2) is 0 Å². The van der Waals surface area contributed by atoms with Crippen LogP contribution in [0.2, 0.25) is 0 Å². The lowest BCUT2D eigenvalue weighted by atomic mass is 9.80. The Morgan fingerprint density at radius 2 is 1.96 bits per heavy atom. The molecule has 1 aromatic carbocycles. The Hall–Kier alpha value is -1.59. The third-order valence-electron chi connectivity index (χ3n) is 6.47. The largest absolute Gasteiger partial charge is 0.371 e. The van der Waals surface area contributed by atoms with Crippen LogP contribution in [0.25, 0.3) is 0 Å². The average Bonchev–Trinajstić information content (AvgIpc) is 3.33. The molecule has 4 unspecified atom stereocenters. The summed E-state index contributed by atoms with van der Waals surface area (Å²) in [6, 6.07) is 11.7. The molecule has 142 valence electrons. The summed E-state index contributed by atoms with van der Waals surface area (Å²) in [6.07, 6.45) is 8.00. The van der Waals surface area contributed by atoms with Gasteiger partial charge in [-0.05, 0) is 49.7 Å². The van der Waals surface area contributed by atoms with Gasteiger partial charge in [0.25, 0.3) is 0 Å². The van der Waals surface area contributed by atoms with E-state index in [1.807, 2.05) is 0 Å². The number of rotatable bonds is 6. The van der Waals surface area contributed by atoms with Gasteiger partial charge in [0.05, 0.1) is 0 Å². The molecular weight excluding hydrogens is 324 g/mol. The van der Waals surface area contributed by atoms with Gasteiger partial charge < -0.3 is 10.2 Å². The molecule has 1 aromatic rings. The summed E-state index contributed by atoms with van der Waals surface area (Å²) in [4.78, 5) is 14.7. The zero-order chi connectivity index (χ0) is 17.8. The van der Waals surface area contributed by atoms with E-state index in [9.17, 15) is 4.79 Å². The number of fused-ring (bicyclic) bond motifs is 1. The van der Waals surface area contributed by atoms with Crippen LogP contribution in [0.5, 0.6) is 0 Å². The number of benzene rings is 1. The van der Waals surface area contributed by atoms with E-state index in [1.54, 1.807) is 0 Å². The Balaban J connectivity index is 1.16. The van der Waals surface area contributed by atoms with E-state index in [-0.39, 0.29) is 5.91 Å². The van der Waals surface area contributed by atoms with Crippen molar-refractivity contribution >= 4 is 11.6 Å². The molecule has 3 N–H and O–H groups in total. The van der Waals surface area contributed by atoms with Gasteiger partial charge in [-0.3, -0.25) is 15.6 Å². The fourth-order valence-electron chi connectivity index (χ4n) is 4.93. The van der Waals surface area contributed by atoms with E-state index < -0.39 is 0 Å². The Labute approximate surface area is 156 Å². The third kappa shape index (κ3) is 4.21. The van der Waals surface area contributed by atoms with Gasteiger partial charge in [-0.1, -0.05) is 31.0 Å². The summed E-state index contributed by atoms with van der Waals surface area (Å²) >= 11 is 0. The summed E-state index contributed by atoms with van der Waals surface area (Å²) in [7, 11) is 0. The molecule has 2 saturated heterocycles. The predicted octanol–water partition coefficient (Wildman–Crippen LogP) is 2.44. The van der Waals surface area contributed by atoms with Crippen molar-refractivity contribution in [3.05, 3.63) is 30.3 Å². The van der Waals surface area contributed by atoms with E-state index >= 15 is 0 Å². The van der Waals surface area contributed by atoms with Gasteiger partial charge in [0, 0.05) is 43.8 Å². The minimum atomic E-state index is 0.212. The quantitative estimate of drug-likeness (QED) is 0.733. The van der Waals surface area contributed by atoms with Crippen LogP contribution < -0.4 is 21.1 Å². The minimum Gasteiger partial charge on any atom is -0.371 e. The molecule has 4 rings (SSSR count). The summed E-state index contributed by atoms with van der Waals surface area (Å²) in [5, 5.41) is 3.18. The lowest BCUT2D eigenvalue weighted by Crippen LogP contribution is -2.35. The van der Waals surface area contributed by atoms with Crippen molar-refractivity contribution in [3.63, 3.8) is 0 Å². The Morgan fingerprint density at radius 3 is 2.85 bits per heavy atom. The van der Waals surface area contributed by atoms with Crippen LogP contribution in [0.4, 0.5) is 5.69 Å². The molecule has 0 bridgehead atoms. The normalized spacial score (nSPS) is 31.0. The van der Waals surface area contributed by atoms with Crippen molar-refractivity contribution in [2.24, 2.45) is 11.8 Å². The average molecular weight is 357 g/mol. The van der Waals surface area contributed by atoms with Crippen LogP contribution in [0.3, 0.4) is 0 Å². The second-order valence-electron chi connectivity index (χ2n) is 8.23. The van der Waals surface area contributed by atoms with Gasteiger partial charge in [-0.2, -0.15) is 0 Å². The molecule has 0 aromatic heterocycles. The maximum Gasteiger partial charge on any atom is 0.220 e. The molecule has 4 atom stereocenters. The molecule has 0 spiro atoms. The summed E-state index contributed by atoms with van der Waals surface area (Å²) in [5.74, 6) is 1.49. The van der Waals surface area contributed by atoms with Crippen molar-refractivity contribution < 1.29 is 4.79 Å². The molecule has 2 aliphatic heterocycles. The first-order valence-corrected chi connectivity index (χ1v) is 10.4. The first-order chi connectivity index (χ1) is 12.8. The fraction of sp³-hybridized carbons (Fsp3) is 0.667. The lowest BCUT2D eigenvalue weighted by molar-refractivity contribution is -0.121. The van der Waals surface area contributed by atoms with E-state index in [2.05, 4.69) is 51.4 Å². The van der Waals surface area contributed by atoms with Crippen molar-refractivity contribution in [2.45, 2.75) is 57.0 Å². The third-order valence-corrected chi connectivity index (χ3v) is 6.47. The topological polar surface area (TPSA) is 56.4 Å². The maximum absolute atomic E-state index is 12.3. The van der Waals surface area contributed by atoms with Gasteiger partial charge in [-0.15, -0.1) is 0 Å². The van der Waals surface area contributed by atoms with Crippen molar-refractivity contribution in [3.8, 4) is 0 Å². The number of nitrogens with one attached hydrogen (secondary N) is 3. The van der Waals surface area contributed by atoms with Crippen LogP contribution in [-0.2, 0) is 4.79 Å². The SMILES string of the molecule is O=C(CCC1NNC2CCCCC21)NCC1CCN(c2ccccc2)C1. The van der Waals surface area contributed by atoms with Crippen molar-refractivity contribution in [2.75, 3.05) is 24.5 Å². The predicted molar refractivity (Wildman–Crippen MR) is 105 cm³/mol. The van der Waals surface area contributed by atoms with Gasteiger partial charge in [0.2, 0.25) is 5.91 Å². The molecule has 0 radical (unpaired) electrons. The van der Waals surface area contributed by atoms with Crippen LogP contribution >= 0.6 is 0 Å². The van der Waals surface area contributed by atoms with Crippen molar-refractivity contribution in [1.29, 1.82) is 0 Å². The molecule has 2 heterocycles. The van der Waals surface area contributed by atoms with E-state index in [4.69, 9.17) is 0 Å². The summed E-state index contributed by atoms with van der Waals surface area (Å²) < 4.78 is 0. The molecule has 5 nitrogen and oxygen atoms in total. The zero-order valence-electron chi connectivity index (χ0n) is 15.6. The smallest absolute Gasteiger partial charge is 0.220 e. The molecule has 1 amide bonds. The zero-order valence-corrected chi connectivity index (χ0v) is 15.6. The molecular formula is C21H32N4O. The molecule has 5 heteroatoms. The molecule has 1 aliphatic carbocycles. The monoisotopic (exact) mass is 356 g/mol. The maximum atomic E-state index is 12.3. The lowest BCUT2D eigenvalue weighted by Gasteiger charge is -2.27. The molecule has 3 fully saturated rings. The van der Waals surface area contributed by atoms with Crippen LogP contribution in [-0.4, -0.2) is 37.6 Å². The molecule has 3 aliphatic rings. The van der Waals surface area contributed by atoms with Crippen LogP contribution in [0.1, 0.15) is 44.9 Å². The Bertz CT molecular complexity index is 593. The van der Waals surface area contributed by atoms with Gasteiger partial charge >= 0.3 is 0 Å². The Morgan fingerprint density at radius 1 is 1.12 bits per heavy atom. The first kappa shape index (κ1) is 17.8. The Kier molecular flexibility index (Phi) is 5.75. The summed E-state index contributed by atoms with van der Waals surface area (Å²) in [6.45, 7) is 2.94. The summed E-state index contributed by atoms with van der Waals surface area (Å²) in [5.41, 5.74) is 8.18. The second kappa shape index (κ2) is 8.40. The number of hydrogen-bond donors (Lipinski definition) is 3. The van der Waals surface area contributed by atoms with E-state index in [1.165, 1.54) is 31.4 Å². The van der Waals surface area contributed by atoms with Crippen LogP contribution in [0.15, 0.2) is 30.3 Å². The van der Waals surface area contributed by atoms with E-state index in [0.717, 1.165) is 32.5 Å². The fourth-order valence-corrected chi connectivity index (χ4v) is 4.93. The highest BCUT2D eigenvalue weighted by Crippen LogP contribution is 2.31. The number of para-hydroxylation sites is 1. The highest BCUT2D eigenvalue weighted by molar-refractivity contribution is 5.75. The number of carbonyl (C=O) groups excluding carboxylic acids is 1. The van der Waals surface area contributed by atoms with E-state index in [0.29, 0.717) is 30.3 Å². The number of nitrogens with zero attached hydrogens (tertiary/aromatic N) is 1. The van der Waals surface area contributed by atoms with Crippen molar-refractivity contribution in [1.82, 2.24) is 16.2 Å². The minimum absolute atomic E-state index is 0.212. The second-order valence-corrected chi connectivity index (χ2v) is 8.23. The van der Waals surface area contributed by atoms with Gasteiger partial charge in [0.1, 0.15) is 0 Å². The number of hydrazine groups is 1. The molecule has 26 heavy (non-hydrogen) atoms. The number of amides is 1. The number of anilines is 1. The van der Waals surface area contributed by atoms with Gasteiger partial charge in [-0.25, -0.2) is 0 Å². The van der Waals surface area contributed by atoms with Crippen LogP contribution in [0, 0.1) is 11.8 Å². The first-order valence-electron chi connectivity index (χ1n) is 10.4. The standard InChI is InChI=1S/C21H32N4O/c26-21(11-10-20-18-8-4-5-9-19(18)23-24-20)22-14-16-12-13-25(15-16)17-6-2-1-3-7-17/h1-3,6-7,16,18-20,23-24H,4-5,8-15H2,(H,22,26). The highest BCUT2D eigenvalue weighted by atomic mass is 16.1. The number of hydrogen-bond acceptors (Lipinski definition) is 4. The molecule has 1 saturated carbocycles. The number of carbonyl (C=O) groups is 1. The highest BCUT2D eigenvalue weighted by Gasteiger charge is 2.36.